The summed E-state index contributed by atoms with van der Waals surface area (Å²) < 4.78 is 22.9. The van der Waals surface area contributed by atoms with E-state index in [4.69, 9.17) is 5.73 Å². The summed E-state index contributed by atoms with van der Waals surface area (Å²) in [5.41, 5.74) is 8.52. The van der Waals surface area contributed by atoms with Gasteiger partial charge >= 0.3 is 0 Å². The summed E-state index contributed by atoms with van der Waals surface area (Å²) >= 11 is 0. The molecule has 0 heterocycles. The zero-order chi connectivity index (χ0) is 15.7. The van der Waals surface area contributed by atoms with Crippen LogP contribution in [0.1, 0.15) is 36.8 Å². The van der Waals surface area contributed by atoms with E-state index >= 15 is 0 Å². The second kappa shape index (κ2) is 6.07. The van der Waals surface area contributed by atoms with Crippen LogP contribution in [0.2, 0.25) is 0 Å². The molecule has 0 radical (unpaired) electrons. The fourth-order valence-corrected chi connectivity index (χ4v) is 3.98. The second-order valence-electron chi connectivity index (χ2n) is 6.31. The Morgan fingerprint density at radius 2 is 2.05 bits per heavy atom. The van der Waals surface area contributed by atoms with Gasteiger partial charge in [-0.05, 0) is 36.9 Å². The lowest BCUT2D eigenvalue weighted by Crippen LogP contribution is -2.52. The highest BCUT2D eigenvalue weighted by atomic mass is 32.2. The molecule has 1 aliphatic carbocycles. The van der Waals surface area contributed by atoms with E-state index in [1.54, 1.807) is 0 Å². The molecule has 0 aromatic heterocycles. The molecule has 2 rings (SSSR count). The number of benzene rings is 1. The molecule has 1 aromatic carbocycles. The Morgan fingerprint density at radius 1 is 1.38 bits per heavy atom. The third kappa shape index (κ3) is 3.30. The van der Waals surface area contributed by atoms with Crippen molar-refractivity contribution in [2.24, 2.45) is 5.73 Å². The summed E-state index contributed by atoms with van der Waals surface area (Å²) in [5.74, 6) is 0.701. The molecule has 0 saturated heterocycles. The number of sulfone groups is 1. The highest BCUT2D eigenvalue weighted by molar-refractivity contribution is 7.90. The van der Waals surface area contributed by atoms with Crippen LogP contribution >= 0.6 is 0 Å². The van der Waals surface area contributed by atoms with Crippen LogP contribution in [0.5, 0.6) is 0 Å². The maximum Gasteiger partial charge on any atom is 0.148 e. The molecule has 0 spiro atoms. The van der Waals surface area contributed by atoms with Gasteiger partial charge in [-0.2, -0.15) is 0 Å². The second-order valence-corrected chi connectivity index (χ2v) is 8.57. The zero-order valence-corrected chi connectivity index (χ0v) is 14.0. The molecule has 118 valence electrons. The largest absolute Gasteiger partial charge is 0.328 e. The van der Waals surface area contributed by atoms with Crippen LogP contribution in [0.4, 0.5) is 0 Å². The van der Waals surface area contributed by atoms with E-state index in [0.29, 0.717) is 19.0 Å². The summed E-state index contributed by atoms with van der Waals surface area (Å²) in [6.45, 7) is 3.27. The Bertz CT molecular complexity index is 600. The monoisotopic (exact) mass is 310 g/mol. The lowest BCUT2D eigenvalue weighted by Gasteiger charge is -2.47. The molecule has 0 bridgehead atoms. The van der Waals surface area contributed by atoms with Gasteiger partial charge < -0.3 is 5.73 Å². The molecular weight excluding hydrogens is 284 g/mol. The summed E-state index contributed by atoms with van der Waals surface area (Å²) in [5, 5.41) is 0. The number of nitrogens with two attached hydrogens (primary N) is 1. The predicted molar refractivity (Wildman–Crippen MR) is 87.2 cm³/mol. The standard InChI is InChI=1S/C16H26N2O2S/c1-13-8-9-16(12-17,15-7-5-4-6-14(13)15)18(2)10-11-21(3,19)20/h4-7,13H,8-12,17H2,1-3H3. The summed E-state index contributed by atoms with van der Waals surface area (Å²) in [6, 6.07) is 8.44. The van der Waals surface area contributed by atoms with Crippen molar-refractivity contribution in [1.82, 2.24) is 4.90 Å². The summed E-state index contributed by atoms with van der Waals surface area (Å²) in [6.07, 6.45) is 3.34. The Kier molecular flexibility index (Phi) is 4.76. The van der Waals surface area contributed by atoms with E-state index in [2.05, 4.69) is 30.0 Å². The minimum Gasteiger partial charge on any atom is -0.328 e. The van der Waals surface area contributed by atoms with Gasteiger partial charge in [0.05, 0.1) is 11.3 Å². The fourth-order valence-electron chi connectivity index (χ4n) is 3.38. The predicted octanol–water partition coefficient (Wildman–Crippen LogP) is 1.71. The third-order valence-electron chi connectivity index (χ3n) is 4.85. The minimum atomic E-state index is -2.96. The molecule has 2 atom stereocenters. The first-order chi connectivity index (χ1) is 9.80. The van der Waals surface area contributed by atoms with Crippen LogP contribution in [0.3, 0.4) is 0 Å². The smallest absolute Gasteiger partial charge is 0.148 e. The van der Waals surface area contributed by atoms with Crippen molar-refractivity contribution in [2.45, 2.75) is 31.2 Å². The molecule has 0 saturated carbocycles. The van der Waals surface area contributed by atoms with Gasteiger partial charge in [0.2, 0.25) is 0 Å². The molecule has 21 heavy (non-hydrogen) atoms. The van der Waals surface area contributed by atoms with Crippen molar-refractivity contribution in [3.63, 3.8) is 0 Å². The van der Waals surface area contributed by atoms with Gasteiger partial charge in [-0.1, -0.05) is 31.2 Å². The maximum atomic E-state index is 11.5. The first kappa shape index (κ1) is 16.5. The number of hydrogen-bond donors (Lipinski definition) is 1. The van der Waals surface area contributed by atoms with Gasteiger partial charge in [-0.3, -0.25) is 4.90 Å². The van der Waals surface area contributed by atoms with E-state index in [1.807, 2.05) is 13.1 Å². The van der Waals surface area contributed by atoms with Crippen molar-refractivity contribution < 1.29 is 8.42 Å². The van der Waals surface area contributed by atoms with Crippen molar-refractivity contribution in [3.8, 4) is 0 Å². The normalized spacial score (nSPS) is 25.9. The molecule has 2 unspecified atom stereocenters. The molecule has 0 fully saturated rings. The Balaban J connectivity index is 2.36. The number of rotatable bonds is 5. The van der Waals surface area contributed by atoms with E-state index in [-0.39, 0.29) is 11.3 Å². The Hall–Kier alpha value is -0.910. The van der Waals surface area contributed by atoms with Crippen LogP contribution in [0.15, 0.2) is 24.3 Å². The van der Waals surface area contributed by atoms with Gasteiger partial charge in [0.25, 0.3) is 0 Å². The molecule has 1 aromatic rings. The molecule has 0 amide bonds. The summed E-state index contributed by atoms with van der Waals surface area (Å²) in [4.78, 5) is 2.14. The lowest BCUT2D eigenvalue weighted by atomic mass is 9.71. The number of likely N-dealkylation sites (N-methyl/N-ethyl adjacent to an activating group) is 1. The van der Waals surface area contributed by atoms with Crippen molar-refractivity contribution in [3.05, 3.63) is 35.4 Å². The maximum absolute atomic E-state index is 11.5. The topological polar surface area (TPSA) is 63.4 Å². The van der Waals surface area contributed by atoms with Crippen molar-refractivity contribution in [1.29, 1.82) is 0 Å². The van der Waals surface area contributed by atoms with Gasteiger partial charge in [0, 0.05) is 19.3 Å². The average Bonchev–Trinajstić information content (AvgIpc) is 2.45. The van der Waals surface area contributed by atoms with Crippen molar-refractivity contribution >= 4 is 9.84 Å². The first-order valence-corrected chi connectivity index (χ1v) is 9.54. The van der Waals surface area contributed by atoms with Gasteiger partial charge in [-0.15, -0.1) is 0 Å². The summed E-state index contributed by atoms with van der Waals surface area (Å²) in [7, 11) is -0.973. The highest BCUT2D eigenvalue weighted by Crippen LogP contribution is 2.43. The van der Waals surface area contributed by atoms with Crippen LogP contribution in [-0.4, -0.2) is 45.5 Å². The SMILES string of the molecule is CC1CCC(CN)(N(C)CCS(C)(=O)=O)c2ccccc21. The van der Waals surface area contributed by atoms with Crippen molar-refractivity contribution in [2.75, 3.05) is 32.1 Å². The zero-order valence-electron chi connectivity index (χ0n) is 13.2. The van der Waals surface area contributed by atoms with Gasteiger partial charge in [0.1, 0.15) is 9.84 Å². The van der Waals surface area contributed by atoms with Crippen LogP contribution < -0.4 is 5.73 Å². The van der Waals surface area contributed by atoms with Crippen LogP contribution in [-0.2, 0) is 15.4 Å². The minimum absolute atomic E-state index is 0.170. The van der Waals surface area contributed by atoms with Gasteiger partial charge in [-0.25, -0.2) is 8.42 Å². The fraction of sp³-hybridized carbons (Fsp3) is 0.625. The number of nitrogens with zero attached hydrogens (tertiary/aromatic N) is 1. The molecule has 1 aliphatic rings. The third-order valence-corrected chi connectivity index (χ3v) is 5.77. The number of hydrogen-bond acceptors (Lipinski definition) is 4. The molecule has 2 N–H and O–H groups in total. The van der Waals surface area contributed by atoms with E-state index in [0.717, 1.165) is 12.8 Å². The van der Waals surface area contributed by atoms with E-state index < -0.39 is 9.84 Å². The quantitative estimate of drug-likeness (QED) is 0.899. The van der Waals surface area contributed by atoms with E-state index in [1.165, 1.54) is 17.4 Å². The Labute approximate surface area is 128 Å². The number of fused-ring (bicyclic) bond motifs is 1. The van der Waals surface area contributed by atoms with Crippen LogP contribution in [0.25, 0.3) is 0 Å². The highest BCUT2D eigenvalue weighted by Gasteiger charge is 2.40. The first-order valence-electron chi connectivity index (χ1n) is 7.48. The average molecular weight is 310 g/mol. The lowest BCUT2D eigenvalue weighted by molar-refractivity contribution is 0.107. The van der Waals surface area contributed by atoms with Crippen LogP contribution in [0, 0.1) is 0 Å². The molecular formula is C16H26N2O2S. The molecule has 4 nitrogen and oxygen atoms in total. The van der Waals surface area contributed by atoms with E-state index in [9.17, 15) is 8.42 Å². The molecule has 0 aliphatic heterocycles. The molecule has 5 heteroatoms. The van der Waals surface area contributed by atoms with Gasteiger partial charge in [0.15, 0.2) is 0 Å². The Morgan fingerprint density at radius 3 is 2.67 bits per heavy atom.